The second-order valence-corrected chi connectivity index (χ2v) is 8.16. The predicted octanol–water partition coefficient (Wildman–Crippen LogP) is 2.85. The molecule has 6 rings (SSSR count). The molecule has 1 amide bonds. The van der Waals surface area contributed by atoms with E-state index in [1.165, 1.54) is 5.56 Å². The number of carbonyl (C=O) groups is 1. The fourth-order valence-electron chi connectivity index (χ4n) is 4.78. The summed E-state index contributed by atoms with van der Waals surface area (Å²) >= 11 is 0. The summed E-state index contributed by atoms with van der Waals surface area (Å²) in [4.78, 5) is 15.1. The van der Waals surface area contributed by atoms with E-state index in [2.05, 4.69) is 33.7 Å². The minimum atomic E-state index is -0.426. The Bertz CT molecular complexity index is 1250. The number of para-hydroxylation sites is 2. The number of nitrogens with one attached hydrogen (secondary N) is 1. The maximum absolute atomic E-state index is 13.2. The number of benzene rings is 2. The summed E-state index contributed by atoms with van der Waals surface area (Å²) in [5.74, 6) is -0.0137. The molecule has 8 nitrogen and oxygen atoms in total. The van der Waals surface area contributed by atoms with Gasteiger partial charge in [0, 0.05) is 19.3 Å². The number of likely N-dealkylation sites (tertiary alicyclic amines) is 1. The summed E-state index contributed by atoms with van der Waals surface area (Å²) in [5, 5.41) is 15.8. The van der Waals surface area contributed by atoms with Crippen LogP contribution in [-0.2, 0) is 16.8 Å². The first kappa shape index (κ1) is 18.3. The number of carbonyl (C=O) groups excluding carboxylic acids is 1. The molecule has 2 aliphatic rings. The van der Waals surface area contributed by atoms with Crippen LogP contribution in [0.15, 0.2) is 54.7 Å². The highest BCUT2D eigenvalue weighted by Crippen LogP contribution is 2.41. The van der Waals surface area contributed by atoms with Crippen LogP contribution in [0.2, 0.25) is 0 Å². The van der Waals surface area contributed by atoms with Crippen LogP contribution in [0.1, 0.15) is 34.5 Å². The van der Waals surface area contributed by atoms with Gasteiger partial charge in [0.2, 0.25) is 0 Å². The Morgan fingerprint density at radius 2 is 1.87 bits per heavy atom. The van der Waals surface area contributed by atoms with E-state index >= 15 is 0 Å². The molecule has 156 valence electrons. The molecule has 1 saturated heterocycles. The molecule has 2 aliphatic heterocycles. The molecule has 4 aromatic rings. The van der Waals surface area contributed by atoms with Gasteiger partial charge in [-0.25, -0.2) is 4.68 Å². The van der Waals surface area contributed by atoms with Crippen molar-refractivity contribution < 1.29 is 9.53 Å². The number of ether oxygens (including phenoxy) is 1. The summed E-state index contributed by atoms with van der Waals surface area (Å²) in [6.07, 6.45) is 4.44. The smallest absolute Gasteiger partial charge is 0.256 e. The molecule has 0 unspecified atom stereocenters. The van der Waals surface area contributed by atoms with Gasteiger partial charge in [0.1, 0.15) is 16.6 Å². The Morgan fingerprint density at radius 3 is 2.71 bits per heavy atom. The lowest BCUT2D eigenvalue weighted by atomic mass is 9.83. The molecule has 0 bridgehead atoms. The lowest BCUT2D eigenvalue weighted by molar-refractivity contribution is -0.0963. The number of piperidine rings is 1. The molecule has 2 aromatic carbocycles. The van der Waals surface area contributed by atoms with Crippen LogP contribution in [0.4, 0.5) is 0 Å². The SMILES string of the molecule is O=C(c1cccc2n[nH]nc12)N1CCC2(CC1)OCCc1cn(-c3ccccc3)nc12. The number of rotatable bonds is 2. The van der Waals surface area contributed by atoms with Crippen LogP contribution in [0.3, 0.4) is 0 Å². The van der Waals surface area contributed by atoms with E-state index in [9.17, 15) is 4.79 Å². The predicted molar refractivity (Wildman–Crippen MR) is 114 cm³/mol. The minimum absolute atomic E-state index is 0.0137. The lowest BCUT2D eigenvalue weighted by Gasteiger charge is -2.43. The van der Waals surface area contributed by atoms with E-state index in [4.69, 9.17) is 9.84 Å². The van der Waals surface area contributed by atoms with E-state index in [1.807, 2.05) is 46.0 Å². The van der Waals surface area contributed by atoms with E-state index in [-0.39, 0.29) is 5.91 Å². The minimum Gasteiger partial charge on any atom is -0.368 e. The molecule has 0 aliphatic carbocycles. The quantitative estimate of drug-likeness (QED) is 0.545. The van der Waals surface area contributed by atoms with E-state index in [0.29, 0.717) is 36.3 Å². The number of nitrogens with zero attached hydrogens (tertiary/aromatic N) is 5. The third-order valence-corrected chi connectivity index (χ3v) is 6.43. The first-order chi connectivity index (χ1) is 15.2. The Balaban J connectivity index is 1.26. The van der Waals surface area contributed by atoms with Crippen molar-refractivity contribution in [1.82, 2.24) is 30.1 Å². The van der Waals surface area contributed by atoms with Crippen molar-refractivity contribution in [2.24, 2.45) is 0 Å². The van der Waals surface area contributed by atoms with Crippen molar-refractivity contribution in [2.75, 3.05) is 19.7 Å². The molecular weight excluding hydrogens is 392 g/mol. The van der Waals surface area contributed by atoms with Gasteiger partial charge in [-0.2, -0.15) is 20.5 Å². The maximum atomic E-state index is 13.2. The largest absolute Gasteiger partial charge is 0.368 e. The van der Waals surface area contributed by atoms with E-state index in [0.717, 1.165) is 30.6 Å². The fraction of sp³-hybridized carbons (Fsp3) is 0.304. The van der Waals surface area contributed by atoms with Crippen molar-refractivity contribution in [3.63, 3.8) is 0 Å². The second-order valence-electron chi connectivity index (χ2n) is 8.16. The van der Waals surface area contributed by atoms with Gasteiger partial charge >= 0.3 is 0 Å². The van der Waals surface area contributed by atoms with Crippen LogP contribution >= 0.6 is 0 Å². The van der Waals surface area contributed by atoms with Gasteiger partial charge in [-0.05, 0) is 49.1 Å². The lowest BCUT2D eigenvalue weighted by Crippen LogP contribution is -2.48. The molecule has 8 heteroatoms. The molecule has 0 radical (unpaired) electrons. The van der Waals surface area contributed by atoms with Crippen molar-refractivity contribution in [1.29, 1.82) is 0 Å². The van der Waals surface area contributed by atoms with Gasteiger partial charge in [0.05, 0.1) is 23.6 Å². The highest BCUT2D eigenvalue weighted by Gasteiger charge is 2.44. The fourth-order valence-corrected chi connectivity index (χ4v) is 4.78. The molecule has 2 aromatic heterocycles. The second kappa shape index (κ2) is 7.02. The van der Waals surface area contributed by atoms with Crippen LogP contribution in [-0.4, -0.2) is 55.7 Å². The van der Waals surface area contributed by atoms with Gasteiger partial charge in [-0.3, -0.25) is 4.79 Å². The third kappa shape index (κ3) is 2.94. The van der Waals surface area contributed by atoms with Crippen molar-refractivity contribution in [3.8, 4) is 5.69 Å². The maximum Gasteiger partial charge on any atom is 0.256 e. The number of amides is 1. The van der Waals surface area contributed by atoms with Crippen molar-refractivity contribution in [3.05, 3.63) is 71.5 Å². The van der Waals surface area contributed by atoms with Crippen LogP contribution in [0.5, 0.6) is 0 Å². The van der Waals surface area contributed by atoms with Gasteiger partial charge < -0.3 is 9.64 Å². The van der Waals surface area contributed by atoms with E-state index < -0.39 is 5.60 Å². The number of H-pyrrole nitrogens is 1. The zero-order chi connectivity index (χ0) is 20.8. The number of fused-ring (bicyclic) bond motifs is 3. The topological polar surface area (TPSA) is 88.9 Å². The van der Waals surface area contributed by atoms with Gasteiger partial charge in [0.25, 0.3) is 5.91 Å². The van der Waals surface area contributed by atoms with Crippen molar-refractivity contribution >= 4 is 16.9 Å². The molecule has 0 saturated carbocycles. The van der Waals surface area contributed by atoms with Crippen LogP contribution in [0.25, 0.3) is 16.7 Å². The van der Waals surface area contributed by atoms with Gasteiger partial charge in [-0.15, -0.1) is 0 Å². The molecule has 1 fully saturated rings. The number of hydrogen-bond donors (Lipinski definition) is 1. The first-order valence-electron chi connectivity index (χ1n) is 10.6. The third-order valence-electron chi connectivity index (χ3n) is 6.43. The summed E-state index contributed by atoms with van der Waals surface area (Å²) in [6, 6.07) is 15.6. The summed E-state index contributed by atoms with van der Waals surface area (Å²) < 4.78 is 8.28. The normalized spacial score (nSPS) is 17.7. The van der Waals surface area contributed by atoms with Gasteiger partial charge in [0.15, 0.2) is 0 Å². The zero-order valence-electron chi connectivity index (χ0n) is 17.0. The Morgan fingerprint density at radius 1 is 1.03 bits per heavy atom. The Hall–Kier alpha value is -3.52. The highest BCUT2D eigenvalue weighted by atomic mass is 16.5. The summed E-state index contributed by atoms with van der Waals surface area (Å²) in [5.41, 5.74) is 4.78. The molecule has 1 N–H and O–H groups in total. The first-order valence-corrected chi connectivity index (χ1v) is 10.6. The van der Waals surface area contributed by atoms with Gasteiger partial charge in [-0.1, -0.05) is 24.3 Å². The molecule has 1 spiro atoms. The molecule has 0 atom stereocenters. The average Bonchev–Trinajstić information content (AvgIpc) is 3.48. The van der Waals surface area contributed by atoms with Crippen LogP contribution in [0, 0.1) is 0 Å². The molecule has 31 heavy (non-hydrogen) atoms. The number of aromatic amines is 1. The molecular formula is C23H22N6O2. The zero-order valence-corrected chi connectivity index (χ0v) is 17.0. The van der Waals surface area contributed by atoms with Crippen LogP contribution < -0.4 is 0 Å². The number of hydrogen-bond acceptors (Lipinski definition) is 5. The monoisotopic (exact) mass is 414 g/mol. The average molecular weight is 414 g/mol. The molecule has 4 heterocycles. The highest BCUT2D eigenvalue weighted by molar-refractivity contribution is 6.04. The Labute approximate surface area is 178 Å². The standard InChI is InChI=1S/C23H22N6O2/c30-22(18-7-4-8-19-20(18)25-27-24-19)28-12-10-23(11-13-28)21-16(9-14-31-23)15-29(26-21)17-5-2-1-3-6-17/h1-8,15H,9-14H2,(H,24,25,27). The van der Waals surface area contributed by atoms with Crippen molar-refractivity contribution in [2.45, 2.75) is 24.9 Å². The van der Waals surface area contributed by atoms with E-state index in [1.54, 1.807) is 0 Å². The Kier molecular flexibility index (Phi) is 4.14. The summed E-state index contributed by atoms with van der Waals surface area (Å²) in [6.45, 7) is 1.91. The summed E-state index contributed by atoms with van der Waals surface area (Å²) in [7, 11) is 0. The number of aromatic nitrogens is 5.